The molecular formula is C18H20BrClN4O3. The third-order valence-corrected chi connectivity index (χ3v) is 5.04. The first-order chi connectivity index (χ1) is 13.1. The van der Waals surface area contributed by atoms with E-state index < -0.39 is 0 Å². The first kappa shape index (κ1) is 19.9. The summed E-state index contributed by atoms with van der Waals surface area (Å²) in [5.41, 5.74) is 0.511. The molecule has 1 fully saturated rings. The normalized spacial score (nSPS) is 14.3. The van der Waals surface area contributed by atoms with E-state index in [0.717, 1.165) is 10.3 Å². The quantitative estimate of drug-likeness (QED) is 0.624. The standard InChI is InChI=1S/C18H20BrClN4O3/c1-26-10-11-27-17-5-4-16(21-22-17)23-6-8-24(9-7-23)18(25)14-12-13(19)2-3-15(14)20/h2-5,12H,6-11H2,1H3. The molecule has 7 nitrogen and oxygen atoms in total. The molecule has 0 aliphatic carbocycles. The van der Waals surface area contributed by atoms with Crippen LogP contribution in [0.25, 0.3) is 0 Å². The average molecular weight is 456 g/mol. The van der Waals surface area contributed by atoms with Crippen LogP contribution in [0.1, 0.15) is 10.4 Å². The largest absolute Gasteiger partial charge is 0.474 e. The molecule has 0 N–H and O–H groups in total. The van der Waals surface area contributed by atoms with Gasteiger partial charge in [0.15, 0.2) is 5.82 Å². The summed E-state index contributed by atoms with van der Waals surface area (Å²) in [6.07, 6.45) is 0. The Labute approximate surface area is 171 Å². The zero-order chi connectivity index (χ0) is 19.2. The average Bonchev–Trinajstić information content (AvgIpc) is 2.70. The smallest absolute Gasteiger partial charge is 0.255 e. The number of rotatable bonds is 6. The number of methoxy groups -OCH3 is 1. The van der Waals surface area contributed by atoms with Crippen LogP contribution in [-0.4, -0.2) is 67.5 Å². The maximum Gasteiger partial charge on any atom is 0.255 e. The molecule has 9 heteroatoms. The number of aromatic nitrogens is 2. The van der Waals surface area contributed by atoms with E-state index in [2.05, 4.69) is 31.0 Å². The summed E-state index contributed by atoms with van der Waals surface area (Å²) in [6.45, 7) is 3.47. The predicted molar refractivity (Wildman–Crippen MR) is 107 cm³/mol. The number of benzene rings is 1. The Morgan fingerprint density at radius 3 is 2.59 bits per heavy atom. The lowest BCUT2D eigenvalue weighted by molar-refractivity contribution is 0.0746. The van der Waals surface area contributed by atoms with E-state index in [-0.39, 0.29) is 5.91 Å². The van der Waals surface area contributed by atoms with Crippen molar-refractivity contribution in [2.75, 3.05) is 51.4 Å². The number of hydrogen-bond donors (Lipinski definition) is 0. The Kier molecular flexibility index (Phi) is 6.87. The van der Waals surface area contributed by atoms with Crippen LogP contribution in [-0.2, 0) is 4.74 Å². The van der Waals surface area contributed by atoms with Crippen LogP contribution in [0.4, 0.5) is 5.82 Å². The molecule has 2 aromatic rings. The van der Waals surface area contributed by atoms with Gasteiger partial charge in [-0.25, -0.2) is 0 Å². The van der Waals surface area contributed by atoms with Gasteiger partial charge in [0.2, 0.25) is 5.88 Å². The Hall–Kier alpha value is -1.90. The van der Waals surface area contributed by atoms with Crippen molar-refractivity contribution in [3.8, 4) is 5.88 Å². The van der Waals surface area contributed by atoms with Gasteiger partial charge in [0, 0.05) is 43.8 Å². The van der Waals surface area contributed by atoms with E-state index in [4.69, 9.17) is 21.1 Å². The lowest BCUT2D eigenvalue weighted by Gasteiger charge is -2.35. The molecule has 3 rings (SSSR count). The van der Waals surface area contributed by atoms with Crippen LogP contribution in [0.3, 0.4) is 0 Å². The fourth-order valence-electron chi connectivity index (χ4n) is 2.76. The monoisotopic (exact) mass is 454 g/mol. The van der Waals surface area contributed by atoms with E-state index in [1.165, 1.54) is 0 Å². The summed E-state index contributed by atoms with van der Waals surface area (Å²) in [7, 11) is 1.62. The number of carbonyl (C=O) groups is 1. The van der Waals surface area contributed by atoms with Crippen LogP contribution >= 0.6 is 27.5 Å². The summed E-state index contributed by atoms with van der Waals surface area (Å²) in [4.78, 5) is 16.6. The first-order valence-corrected chi connectivity index (χ1v) is 9.70. The number of piperazine rings is 1. The second kappa shape index (κ2) is 9.34. The number of anilines is 1. The highest BCUT2D eigenvalue weighted by Gasteiger charge is 2.24. The maximum atomic E-state index is 12.7. The van der Waals surface area contributed by atoms with Gasteiger partial charge in [-0.2, -0.15) is 0 Å². The molecular weight excluding hydrogens is 436 g/mol. The van der Waals surface area contributed by atoms with Gasteiger partial charge in [-0.1, -0.05) is 27.5 Å². The highest BCUT2D eigenvalue weighted by atomic mass is 79.9. The van der Waals surface area contributed by atoms with Crippen LogP contribution in [0.2, 0.25) is 5.02 Å². The molecule has 1 saturated heterocycles. The van der Waals surface area contributed by atoms with E-state index in [0.29, 0.717) is 55.9 Å². The van der Waals surface area contributed by atoms with Crippen molar-refractivity contribution in [3.63, 3.8) is 0 Å². The molecule has 0 bridgehead atoms. The van der Waals surface area contributed by atoms with E-state index in [1.54, 1.807) is 30.2 Å². The van der Waals surface area contributed by atoms with Crippen LogP contribution in [0, 0.1) is 0 Å². The SMILES string of the molecule is COCCOc1ccc(N2CCN(C(=O)c3cc(Br)ccc3Cl)CC2)nn1. The first-order valence-electron chi connectivity index (χ1n) is 8.53. The second-order valence-electron chi connectivity index (χ2n) is 5.97. The maximum absolute atomic E-state index is 12.7. The summed E-state index contributed by atoms with van der Waals surface area (Å²) in [6, 6.07) is 8.96. The second-order valence-corrected chi connectivity index (χ2v) is 7.30. The van der Waals surface area contributed by atoms with Gasteiger partial charge >= 0.3 is 0 Å². The van der Waals surface area contributed by atoms with Crippen molar-refractivity contribution >= 4 is 39.3 Å². The number of amides is 1. The number of halogens is 2. The van der Waals surface area contributed by atoms with Crippen molar-refractivity contribution in [3.05, 3.63) is 45.4 Å². The summed E-state index contributed by atoms with van der Waals surface area (Å²) in [5, 5.41) is 8.75. The Morgan fingerprint density at radius 2 is 1.93 bits per heavy atom. The van der Waals surface area contributed by atoms with Crippen LogP contribution in [0.5, 0.6) is 5.88 Å². The Morgan fingerprint density at radius 1 is 1.15 bits per heavy atom. The van der Waals surface area contributed by atoms with Gasteiger partial charge in [-0.05, 0) is 24.3 Å². The highest BCUT2D eigenvalue weighted by Crippen LogP contribution is 2.23. The Bertz CT molecular complexity index is 783. The summed E-state index contributed by atoms with van der Waals surface area (Å²) < 4.78 is 11.2. The molecule has 1 aliphatic heterocycles. The molecule has 0 atom stereocenters. The molecule has 0 radical (unpaired) electrons. The minimum absolute atomic E-state index is 0.0612. The number of carbonyl (C=O) groups excluding carboxylic acids is 1. The molecule has 144 valence electrons. The van der Waals surface area contributed by atoms with Crippen molar-refractivity contribution in [2.24, 2.45) is 0 Å². The van der Waals surface area contributed by atoms with Crippen molar-refractivity contribution in [2.45, 2.75) is 0 Å². The molecule has 0 saturated carbocycles. The van der Waals surface area contributed by atoms with Gasteiger partial charge in [0.05, 0.1) is 17.2 Å². The minimum atomic E-state index is -0.0612. The topological polar surface area (TPSA) is 67.8 Å². The molecule has 27 heavy (non-hydrogen) atoms. The fraction of sp³-hybridized carbons (Fsp3) is 0.389. The molecule has 2 heterocycles. The third-order valence-electron chi connectivity index (χ3n) is 4.21. The minimum Gasteiger partial charge on any atom is -0.474 e. The van der Waals surface area contributed by atoms with Gasteiger partial charge in [-0.3, -0.25) is 4.79 Å². The Balaban J connectivity index is 1.57. The van der Waals surface area contributed by atoms with Gasteiger partial charge in [0.25, 0.3) is 5.91 Å². The van der Waals surface area contributed by atoms with Crippen molar-refractivity contribution < 1.29 is 14.3 Å². The van der Waals surface area contributed by atoms with Crippen molar-refractivity contribution in [1.82, 2.24) is 15.1 Å². The molecule has 0 unspecified atom stereocenters. The van der Waals surface area contributed by atoms with Crippen molar-refractivity contribution in [1.29, 1.82) is 0 Å². The third kappa shape index (κ3) is 5.09. The summed E-state index contributed by atoms with van der Waals surface area (Å²) in [5.74, 6) is 1.17. The van der Waals surface area contributed by atoms with Crippen LogP contribution in [0.15, 0.2) is 34.8 Å². The molecule has 1 aliphatic rings. The lowest BCUT2D eigenvalue weighted by Crippen LogP contribution is -2.49. The molecule has 0 spiro atoms. The van der Waals surface area contributed by atoms with E-state index in [9.17, 15) is 4.79 Å². The highest BCUT2D eigenvalue weighted by molar-refractivity contribution is 9.10. The van der Waals surface area contributed by atoms with Gasteiger partial charge in [-0.15, -0.1) is 10.2 Å². The fourth-order valence-corrected chi connectivity index (χ4v) is 3.32. The molecule has 1 amide bonds. The van der Waals surface area contributed by atoms with E-state index >= 15 is 0 Å². The number of ether oxygens (including phenoxy) is 2. The number of nitrogens with zero attached hydrogens (tertiary/aromatic N) is 4. The van der Waals surface area contributed by atoms with Gasteiger partial charge in [0.1, 0.15) is 6.61 Å². The molecule has 1 aromatic heterocycles. The molecule has 1 aromatic carbocycles. The van der Waals surface area contributed by atoms with E-state index in [1.807, 2.05) is 12.1 Å². The van der Waals surface area contributed by atoms with Crippen LogP contribution < -0.4 is 9.64 Å². The number of hydrogen-bond acceptors (Lipinski definition) is 6. The zero-order valence-electron chi connectivity index (χ0n) is 14.9. The lowest BCUT2D eigenvalue weighted by atomic mass is 10.2. The predicted octanol–water partition coefficient (Wildman–Crippen LogP) is 2.88. The van der Waals surface area contributed by atoms with Gasteiger partial charge < -0.3 is 19.3 Å². The summed E-state index contributed by atoms with van der Waals surface area (Å²) >= 11 is 9.56. The zero-order valence-corrected chi connectivity index (χ0v) is 17.2.